The van der Waals surface area contributed by atoms with Gasteiger partial charge in [0.2, 0.25) is 23.5 Å². The van der Waals surface area contributed by atoms with Gasteiger partial charge in [-0.25, -0.2) is 0 Å². The number of ketones is 1. The molecule has 1 saturated heterocycles. The van der Waals surface area contributed by atoms with Crippen molar-refractivity contribution < 1.29 is 24.0 Å². The summed E-state index contributed by atoms with van der Waals surface area (Å²) in [5.74, 6) is -3.57. The highest BCUT2D eigenvalue weighted by molar-refractivity contribution is 6.39. The monoisotopic (exact) mass is 391 g/mol. The second-order valence-corrected chi connectivity index (χ2v) is 8.51. The van der Waals surface area contributed by atoms with E-state index in [1.165, 1.54) is 6.08 Å². The molecule has 0 bridgehead atoms. The molecule has 2 rings (SSSR count). The van der Waals surface area contributed by atoms with Crippen LogP contribution in [-0.4, -0.2) is 40.5 Å². The summed E-state index contributed by atoms with van der Waals surface area (Å²) < 4.78 is 0. The van der Waals surface area contributed by atoms with E-state index >= 15 is 0 Å². The number of hydrogen-bond acceptors (Lipinski definition) is 5. The van der Waals surface area contributed by atoms with Gasteiger partial charge in [-0.1, -0.05) is 46.1 Å². The lowest BCUT2D eigenvalue weighted by molar-refractivity contribution is -0.151. The van der Waals surface area contributed by atoms with Crippen molar-refractivity contribution in [3.63, 3.8) is 0 Å². The fraction of sp³-hybridized carbons (Fsp3) is 0.650. The van der Waals surface area contributed by atoms with E-state index < -0.39 is 35.5 Å². The fourth-order valence-electron chi connectivity index (χ4n) is 3.39. The molecule has 4 amide bonds. The van der Waals surface area contributed by atoms with E-state index in [1.807, 2.05) is 20.8 Å². The number of hydrazine groups is 1. The van der Waals surface area contributed by atoms with Gasteiger partial charge in [-0.2, -0.15) is 5.01 Å². The maximum absolute atomic E-state index is 12.8. The average Bonchev–Trinajstić information content (AvgIpc) is 2.96. The van der Waals surface area contributed by atoms with Crippen molar-refractivity contribution in [2.45, 2.75) is 71.8 Å². The Morgan fingerprint density at radius 3 is 2.14 bits per heavy atom. The number of hydrogen-bond donors (Lipinski definition) is 2. The van der Waals surface area contributed by atoms with Gasteiger partial charge in [0, 0.05) is 12.8 Å². The number of nitrogens with one attached hydrogen (secondary N) is 2. The number of rotatable bonds is 6. The number of amides is 4. The molecule has 2 fully saturated rings. The first-order valence-corrected chi connectivity index (χ1v) is 9.79. The first-order valence-electron chi connectivity index (χ1n) is 9.79. The Balaban J connectivity index is 2.11. The third-order valence-corrected chi connectivity index (χ3v) is 4.92. The van der Waals surface area contributed by atoms with Crippen LogP contribution >= 0.6 is 0 Å². The molecule has 8 heteroatoms. The molecule has 0 aromatic rings. The molecule has 28 heavy (non-hydrogen) atoms. The molecule has 1 saturated carbocycles. The molecule has 1 atom stereocenters. The van der Waals surface area contributed by atoms with Gasteiger partial charge in [0.15, 0.2) is 0 Å². The number of Topliss-reactive ketones (excluding diaryl/α,β-unsaturated/α-hetero) is 1. The van der Waals surface area contributed by atoms with Crippen molar-refractivity contribution in [3.05, 3.63) is 12.2 Å². The topological polar surface area (TPSA) is 113 Å². The fourth-order valence-corrected chi connectivity index (χ4v) is 3.39. The molecule has 1 aliphatic heterocycles. The zero-order valence-electron chi connectivity index (χ0n) is 16.7. The van der Waals surface area contributed by atoms with Gasteiger partial charge in [0.1, 0.15) is 6.04 Å². The van der Waals surface area contributed by atoms with Crippen LogP contribution in [0.5, 0.6) is 0 Å². The molecule has 0 aromatic carbocycles. The number of nitrogens with zero attached hydrogens (tertiary/aromatic N) is 1. The summed E-state index contributed by atoms with van der Waals surface area (Å²) in [5.41, 5.74) is 1.90. The minimum atomic E-state index is -1.06. The summed E-state index contributed by atoms with van der Waals surface area (Å²) in [5, 5.41) is 3.26. The third-order valence-electron chi connectivity index (χ3n) is 4.92. The molecule has 154 valence electrons. The van der Waals surface area contributed by atoms with E-state index in [2.05, 4.69) is 10.7 Å². The van der Waals surface area contributed by atoms with Crippen LogP contribution in [0.15, 0.2) is 12.2 Å². The van der Waals surface area contributed by atoms with E-state index in [0.29, 0.717) is 5.01 Å². The molecule has 1 heterocycles. The lowest BCUT2D eigenvalue weighted by Gasteiger charge is -2.29. The van der Waals surface area contributed by atoms with Crippen LogP contribution in [0, 0.1) is 11.3 Å². The van der Waals surface area contributed by atoms with E-state index in [-0.39, 0.29) is 24.2 Å². The quantitative estimate of drug-likeness (QED) is 0.404. The average molecular weight is 391 g/mol. The number of allylic oxidation sites excluding steroid dienone is 1. The maximum atomic E-state index is 12.8. The Bertz CT molecular complexity index is 670. The third kappa shape index (κ3) is 6.00. The summed E-state index contributed by atoms with van der Waals surface area (Å²) in [6, 6.07) is -0.981. The van der Waals surface area contributed by atoms with Gasteiger partial charge in [0.25, 0.3) is 0 Å². The number of carbonyl (C=O) groups is 5. The first kappa shape index (κ1) is 21.8. The zero-order valence-corrected chi connectivity index (χ0v) is 16.7. The first-order chi connectivity index (χ1) is 13.1. The highest BCUT2D eigenvalue weighted by Crippen LogP contribution is 2.27. The van der Waals surface area contributed by atoms with Crippen LogP contribution in [0.1, 0.15) is 65.7 Å². The number of carbonyl (C=O) groups excluding carboxylic acids is 5. The van der Waals surface area contributed by atoms with Crippen molar-refractivity contribution in [1.82, 2.24) is 15.8 Å². The van der Waals surface area contributed by atoms with E-state index in [9.17, 15) is 24.0 Å². The summed E-state index contributed by atoms with van der Waals surface area (Å²) in [6.45, 7) is 5.83. The Morgan fingerprint density at radius 1 is 1.04 bits per heavy atom. The smallest absolute Gasteiger partial charge is 0.308 e. The predicted molar refractivity (Wildman–Crippen MR) is 101 cm³/mol. The highest BCUT2D eigenvalue weighted by atomic mass is 16.2. The largest absolute Gasteiger partial charge is 0.342 e. The lowest BCUT2D eigenvalue weighted by Crippen LogP contribution is -2.55. The summed E-state index contributed by atoms with van der Waals surface area (Å²) >= 11 is 0. The van der Waals surface area contributed by atoms with Crippen LogP contribution < -0.4 is 10.7 Å². The van der Waals surface area contributed by atoms with E-state index in [4.69, 9.17) is 0 Å². The molecule has 0 radical (unpaired) electrons. The Labute approximate surface area is 165 Å². The van der Waals surface area contributed by atoms with Crippen LogP contribution in [-0.2, 0) is 24.0 Å². The minimum absolute atomic E-state index is 0.00763. The van der Waals surface area contributed by atoms with Gasteiger partial charge < -0.3 is 5.32 Å². The van der Waals surface area contributed by atoms with Crippen LogP contribution in [0.3, 0.4) is 0 Å². The molecule has 1 unspecified atom stereocenters. The molecular weight excluding hydrogens is 362 g/mol. The van der Waals surface area contributed by atoms with Gasteiger partial charge in [-0.15, -0.1) is 0 Å². The number of imide groups is 1. The Hall–Kier alpha value is -2.51. The van der Waals surface area contributed by atoms with Crippen molar-refractivity contribution in [2.24, 2.45) is 11.3 Å². The molecular formula is C20H29N3O5. The van der Waals surface area contributed by atoms with Crippen molar-refractivity contribution >= 4 is 29.4 Å². The molecule has 0 spiro atoms. The highest BCUT2D eigenvalue weighted by Gasteiger charge is 2.37. The van der Waals surface area contributed by atoms with Crippen LogP contribution in [0.25, 0.3) is 0 Å². The van der Waals surface area contributed by atoms with Gasteiger partial charge in [-0.05, 0) is 30.3 Å². The van der Waals surface area contributed by atoms with Gasteiger partial charge in [0.05, 0.1) is 0 Å². The van der Waals surface area contributed by atoms with E-state index in [0.717, 1.165) is 32.1 Å². The maximum Gasteiger partial charge on any atom is 0.308 e. The van der Waals surface area contributed by atoms with E-state index in [1.54, 1.807) is 6.08 Å². The second-order valence-electron chi connectivity index (χ2n) is 8.51. The van der Waals surface area contributed by atoms with Gasteiger partial charge >= 0.3 is 5.91 Å². The summed E-state index contributed by atoms with van der Waals surface area (Å²) in [6.07, 6.45) is 7.48. The second kappa shape index (κ2) is 9.12. The SMILES string of the molecule is CC(C)(C)/C=C/C(=O)NC(C(=O)C(=O)NN1C(=O)CCC1=O)C1CCCCC1. The predicted octanol–water partition coefficient (Wildman–Crippen LogP) is 1.40. The van der Waals surface area contributed by atoms with Crippen LogP contribution in [0.4, 0.5) is 0 Å². The molecule has 2 N–H and O–H groups in total. The van der Waals surface area contributed by atoms with Crippen molar-refractivity contribution in [2.75, 3.05) is 0 Å². The molecule has 8 nitrogen and oxygen atoms in total. The van der Waals surface area contributed by atoms with Crippen molar-refractivity contribution in [1.29, 1.82) is 0 Å². The van der Waals surface area contributed by atoms with Crippen molar-refractivity contribution in [3.8, 4) is 0 Å². The van der Waals surface area contributed by atoms with Gasteiger partial charge in [-0.3, -0.25) is 29.4 Å². The normalized spacial score (nSPS) is 19.8. The Kier molecular flexibility index (Phi) is 7.10. The minimum Gasteiger partial charge on any atom is -0.342 e. The zero-order chi connectivity index (χ0) is 20.9. The molecule has 1 aliphatic carbocycles. The summed E-state index contributed by atoms with van der Waals surface area (Å²) in [7, 11) is 0. The van der Waals surface area contributed by atoms with Crippen LogP contribution in [0.2, 0.25) is 0 Å². The Morgan fingerprint density at radius 2 is 1.61 bits per heavy atom. The lowest BCUT2D eigenvalue weighted by atomic mass is 9.82. The standard InChI is InChI=1S/C20H29N3O5/c1-20(2,3)12-11-14(24)21-17(13-7-5-4-6-8-13)18(27)19(28)22-23-15(25)9-10-16(23)26/h11-13,17H,4-10H2,1-3H3,(H,21,24)(H,22,28)/b12-11+. The summed E-state index contributed by atoms with van der Waals surface area (Å²) in [4.78, 5) is 60.8. The molecule has 0 aromatic heterocycles. The molecule has 2 aliphatic rings.